The number of rotatable bonds is 4. The van der Waals surface area contributed by atoms with Crippen molar-refractivity contribution in [2.24, 2.45) is 14.1 Å². The zero-order valence-electron chi connectivity index (χ0n) is 13.1. The summed E-state index contributed by atoms with van der Waals surface area (Å²) in [7, 11) is 2.72. The topological polar surface area (TPSA) is 125 Å². The Morgan fingerprint density at radius 2 is 1.88 bits per heavy atom. The van der Waals surface area contributed by atoms with E-state index in [2.05, 4.69) is 5.32 Å². The Morgan fingerprint density at radius 1 is 1.17 bits per heavy atom. The van der Waals surface area contributed by atoms with Crippen LogP contribution in [0.5, 0.6) is 0 Å². The van der Waals surface area contributed by atoms with E-state index in [1.807, 2.05) is 0 Å². The van der Waals surface area contributed by atoms with Gasteiger partial charge in [-0.25, -0.2) is 9.59 Å². The van der Waals surface area contributed by atoms with Gasteiger partial charge in [0.15, 0.2) is 6.61 Å². The van der Waals surface area contributed by atoms with Crippen molar-refractivity contribution >= 4 is 23.4 Å². The Kier molecular flexibility index (Phi) is 4.83. The number of carbonyl (C=O) groups excluding carboxylic acids is 2. The molecule has 0 aliphatic carbocycles. The van der Waals surface area contributed by atoms with Crippen LogP contribution in [0.3, 0.4) is 0 Å². The third-order valence-corrected chi connectivity index (χ3v) is 3.25. The number of nitrogens with zero attached hydrogens (tertiary/aromatic N) is 2. The molecule has 126 valence electrons. The molecule has 0 bridgehead atoms. The second-order valence-electron chi connectivity index (χ2n) is 5.02. The molecule has 9 heteroatoms. The van der Waals surface area contributed by atoms with Crippen LogP contribution in [-0.2, 0) is 23.6 Å². The van der Waals surface area contributed by atoms with Gasteiger partial charge in [-0.3, -0.25) is 18.7 Å². The Morgan fingerprint density at radius 3 is 2.54 bits per heavy atom. The number of anilines is 2. The molecule has 0 radical (unpaired) electrons. The normalized spacial score (nSPS) is 10.2. The maximum atomic E-state index is 11.8. The molecule has 1 heterocycles. The van der Waals surface area contributed by atoms with Crippen molar-refractivity contribution in [2.45, 2.75) is 0 Å². The van der Waals surface area contributed by atoms with E-state index in [1.165, 1.54) is 26.2 Å². The van der Waals surface area contributed by atoms with Gasteiger partial charge in [-0.05, 0) is 18.2 Å². The molecule has 1 aromatic heterocycles. The summed E-state index contributed by atoms with van der Waals surface area (Å²) in [6, 6.07) is 7.21. The van der Waals surface area contributed by atoms with Crippen LogP contribution in [-0.4, -0.2) is 27.6 Å². The van der Waals surface area contributed by atoms with Crippen molar-refractivity contribution in [3.8, 4) is 0 Å². The summed E-state index contributed by atoms with van der Waals surface area (Å²) < 4.78 is 6.86. The van der Waals surface area contributed by atoms with Gasteiger partial charge < -0.3 is 15.8 Å². The van der Waals surface area contributed by atoms with Gasteiger partial charge in [0, 0.05) is 25.8 Å². The van der Waals surface area contributed by atoms with Gasteiger partial charge in [0.2, 0.25) is 0 Å². The number of carbonyl (C=O) groups is 2. The molecule has 1 amide bonds. The van der Waals surface area contributed by atoms with E-state index < -0.39 is 29.7 Å². The zero-order valence-corrected chi connectivity index (χ0v) is 13.1. The summed E-state index contributed by atoms with van der Waals surface area (Å²) in [6.45, 7) is -0.572. The highest BCUT2D eigenvalue weighted by Gasteiger charge is 2.13. The molecule has 1 aromatic carbocycles. The number of benzene rings is 1. The van der Waals surface area contributed by atoms with E-state index in [-0.39, 0.29) is 11.4 Å². The summed E-state index contributed by atoms with van der Waals surface area (Å²) in [5, 5.41) is 2.35. The fraction of sp³-hybridized carbons (Fsp3) is 0.200. The highest BCUT2D eigenvalue weighted by molar-refractivity contribution is 5.95. The van der Waals surface area contributed by atoms with E-state index >= 15 is 0 Å². The lowest BCUT2D eigenvalue weighted by Gasteiger charge is -2.11. The van der Waals surface area contributed by atoms with E-state index in [9.17, 15) is 19.2 Å². The molecular weight excluding hydrogens is 316 g/mol. The van der Waals surface area contributed by atoms with Gasteiger partial charge in [-0.15, -0.1) is 0 Å². The molecule has 3 N–H and O–H groups in total. The molecule has 0 saturated carbocycles. The third kappa shape index (κ3) is 3.69. The molecule has 0 saturated heterocycles. The monoisotopic (exact) mass is 332 g/mol. The Balaban J connectivity index is 2.03. The number of ether oxygens (including phenoxy) is 1. The van der Waals surface area contributed by atoms with Crippen LogP contribution in [0.25, 0.3) is 0 Å². The minimum absolute atomic E-state index is 0.00750. The molecule has 0 aliphatic rings. The second-order valence-corrected chi connectivity index (χ2v) is 5.02. The van der Waals surface area contributed by atoms with Gasteiger partial charge in [-0.2, -0.15) is 0 Å². The second kappa shape index (κ2) is 6.82. The highest BCUT2D eigenvalue weighted by atomic mass is 16.5. The third-order valence-electron chi connectivity index (χ3n) is 3.25. The van der Waals surface area contributed by atoms with Gasteiger partial charge in [0.05, 0.1) is 5.56 Å². The molecule has 9 nitrogen and oxygen atoms in total. The molecule has 0 aliphatic heterocycles. The maximum absolute atomic E-state index is 11.8. The van der Waals surface area contributed by atoms with Crippen molar-refractivity contribution in [1.29, 1.82) is 0 Å². The van der Waals surface area contributed by atoms with Crippen LogP contribution in [0.15, 0.2) is 39.9 Å². The highest BCUT2D eigenvalue weighted by Crippen LogP contribution is 2.08. The summed E-state index contributed by atoms with van der Waals surface area (Å²) in [5.41, 5.74) is 5.01. The molecule has 0 unspecified atom stereocenters. The molecule has 0 atom stereocenters. The summed E-state index contributed by atoms with van der Waals surface area (Å²) in [4.78, 5) is 47.0. The van der Waals surface area contributed by atoms with Gasteiger partial charge in [-0.1, -0.05) is 6.07 Å². The average Bonchev–Trinajstić information content (AvgIpc) is 2.55. The number of nitrogens with two attached hydrogens (primary N) is 1. The van der Waals surface area contributed by atoms with Crippen LogP contribution in [0.1, 0.15) is 10.4 Å². The standard InChI is InChI=1S/C15H16N4O5/c1-18-11(7-13(21)19(2)15(18)23)17-12(20)8-24-14(22)9-4-3-5-10(16)6-9/h3-7H,8,16H2,1-2H3,(H,17,20). The number of nitrogens with one attached hydrogen (secondary N) is 1. The Hall–Kier alpha value is -3.36. The molecule has 24 heavy (non-hydrogen) atoms. The number of amides is 1. The minimum Gasteiger partial charge on any atom is -0.452 e. The first-order chi connectivity index (χ1) is 11.3. The molecular formula is C15H16N4O5. The van der Waals surface area contributed by atoms with Crippen LogP contribution in [0, 0.1) is 0 Å². The SMILES string of the molecule is Cn1c(NC(=O)COC(=O)c2cccc(N)c2)cc(=O)n(C)c1=O. The van der Waals surface area contributed by atoms with Crippen molar-refractivity contribution in [3.05, 3.63) is 56.7 Å². The number of nitrogen functional groups attached to an aromatic ring is 1. The van der Waals surface area contributed by atoms with Crippen molar-refractivity contribution in [2.75, 3.05) is 17.7 Å². The lowest BCUT2D eigenvalue weighted by Crippen LogP contribution is -2.38. The summed E-state index contributed by atoms with van der Waals surface area (Å²) >= 11 is 0. The van der Waals surface area contributed by atoms with E-state index in [1.54, 1.807) is 12.1 Å². The molecule has 0 fully saturated rings. The largest absolute Gasteiger partial charge is 0.452 e. The molecule has 0 spiro atoms. The number of hydrogen-bond donors (Lipinski definition) is 2. The average molecular weight is 332 g/mol. The number of esters is 1. The number of hydrogen-bond acceptors (Lipinski definition) is 6. The fourth-order valence-corrected chi connectivity index (χ4v) is 1.91. The van der Waals surface area contributed by atoms with E-state index in [4.69, 9.17) is 10.5 Å². The smallest absolute Gasteiger partial charge is 0.338 e. The van der Waals surface area contributed by atoms with Crippen LogP contribution in [0.4, 0.5) is 11.5 Å². The van der Waals surface area contributed by atoms with Crippen molar-refractivity contribution in [3.63, 3.8) is 0 Å². The molecule has 2 aromatic rings. The first kappa shape index (κ1) is 17.0. The summed E-state index contributed by atoms with van der Waals surface area (Å²) in [5.74, 6) is -1.39. The lowest BCUT2D eigenvalue weighted by atomic mass is 10.2. The lowest BCUT2D eigenvalue weighted by molar-refractivity contribution is -0.119. The predicted molar refractivity (Wildman–Crippen MR) is 86.7 cm³/mol. The van der Waals surface area contributed by atoms with Crippen LogP contribution < -0.4 is 22.3 Å². The summed E-state index contributed by atoms with van der Waals surface area (Å²) in [6.07, 6.45) is 0. The van der Waals surface area contributed by atoms with E-state index in [0.29, 0.717) is 5.69 Å². The van der Waals surface area contributed by atoms with Crippen molar-refractivity contribution in [1.82, 2.24) is 9.13 Å². The van der Waals surface area contributed by atoms with Crippen LogP contribution >= 0.6 is 0 Å². The first-order valence-electron chi connectivity index (χ1n) is 6.89. The van der Waals surface area contributed by atoms with Gasteiger partial charge in [0.25, 0.3) is 11.5 Å². The quantitative estimate of drug-likeness (QED) is 0.572. The van der Waals surface area contributed by atoms with E-state index in [0.717, 1.165) is 15.2 Å². The number of aromatic nitrogens is 2. The minimum atomic E-state index is -0.713. The van der Waals surface area contributed by atoms with Gasteiger partial charge in [0.1, 0.15) is 5.82 Å². The first-order valence-corrected chi connectivity index (χ1v) is 6.89. The van der Waals surface area contributed by atoms with Gasteiger partial charge >= 0.3 is 11.7 Å². The zero-order chi connectivity index (χ0) is 17.9. The van der Waals surface area contributed by atoms with Crippen molar-refractivity contribution < 1.29 is 14.3 Å². The Bertz CT molecular complexity index is 913. The Labute approximate surface area is 136 Å². The molecule has 2 rings (SSSR count). The van der Waals surface area contributed by atoms with Crippen LogP contribution in [0.2, 0.25) is 0 Å². The maximum Gasteiger partial charge on any atom is 0.338 e. The fourth-order valence-electron chi connectivity index (χ4n) is 1.91. The predicted octanol–water partition coefficient (Wildman–Crippen LogP) is -0.538.